The highest BCUT2D eigenvalue weighted by Crippen LogP contribution is 2.35. The largest absolute Gasteiger partial charge is 0.382 e. The van der Waals surface area contributed by atoms with Crippen LogP contribution in [0.5, 0.6) is 0 Å². The van der Waals surface area contributed by atoms with E-state index in [0.717, 1.165) is 61.1 Å². The minimum Gasteiger partial charge on any atom is -0.382 e. The summed E-state index contributed by atoms with van der Waals surface area (Å²) >= 11 is 0. The average molecular weight is 452 g/mol. The SMILES string of the molecule is COCC1(N(C(=O)C(C)C)c2ccccc2)CCN(CCc2c[nH]c3ccc(F)cc23)CC1. The lowest BCUT2D eigenvalue weighted by atomic mass is 9.84. The third-order valence-electron chi connectivity index (χ3n) is 6.83. The fraction of sp³-hybridized carbons (Fsp3) is 0.444. The summed E-state index contributed by atoms with van der Waals surface area (Å²) in [7, 11) is 1.72. The summed E-state index contributed by atoms with van der Waals surface area (Å²) in [4.78, 5) is 21.0. The Hall–Kier alpha value is -2.70. The van der Waals surface area contributed by atoms with E-state index in [1.807, 2.05) is 55.3 Å². The van der Waals surface area contributed by atoms with E-state index in [-0.39, 0.29) is 23.2 Å². The summed E-state index contributed by atoms with van der Waals surface area (Å²) in [5.41, 5.74) is 2.68. The third kappa shape index (κ3) is 4.97. The van der Waals surface area contributed by atoms with Gasteiger partial charge in [0.25, 0.3) is 0 Å². The van der Waals surface area contributed by atoms with E-state index in [2.05, 4.69) is 9.88 Å². The van der Waals surface area contributed by atoms with Crippen molar-refractivity contribution in [2.24, 2.45) is 5.92 Å². The van der Waals surface area contributed by atoms with Crippen molar-refractivity contribution in [2.45, 2.75) is 38.6 Å². The number of rotatable bonds is 8. The lowest BCUT2D eigenvalue weighted by Crippen LogP contribution is -2.61. The Morgan fingerprint density at radius 3 is 2.58 bits per heavy atom. The number of amides is 1. The van der Waals surface area contributed by atoms with Gasteiger partial charge in [-0.25, -0.2) is 4.39 Å². The summed E-state index contributed by atoms with van der Waals surface area (Å²) in [6.07, 6.45) is 4.53. The van der Waals surface area contributed by atoms with Crippen molar-refractivity contribution < 1.29 is 13.9 Å². The molecule has 6 heteroatoms. The van der Waals surface area contributed by atoms with Crippen LogP contribution in [0.2, 0.25) is 0 Å². The molecule has 1 N–H and O–H groups in total. The second kappa shape index (κ2) is 10.1. The van der Waals surface area contributed by atoms with Crippen molar-refractivity contribution in [1.82, 2.24) is 9.88 Å². The highest BCUT2D eigenvalue weighted by atomic mass is 19.1. The Bertz CT molecular complexity index is 1070. The minimum absolute atomic E-state index is 0.0979. The molecule has 5 nitrogen and oxygen atoms in total. The lowest BCUT2D eigenvalue weighted by Gasteiger charge is -2.49. The number of halogens is 1. The molecule has 1 aromatic heterocycles. The number of nitrogens with one attached hydrogen (secondary N) is 1. The van der Waals surface area contributed by atoms with Crippen LogP contribution in [0.25, 0.3) is 10.9 Å². The van der Waals surface area contributed by atoms with E-state index in [9.17, 15) is 9.18 Å². The molecule has 0 atom stereocenters. The number of para-hydroxylation sites is 1. The molecule has 0 bridgehead atoms. The molecule has 0 spiro atoms. The molecule has 4 rings (SSSR count). The molecule has 2 aromatic carbocycles. The maximum absolute atomic E-state index is 13.7. The fourth-order valence-electron chi connectivity index (χ4n) is 5.00. The zero-order valence-corrected chi connectivity index (χ0v) is 19.8. The number of H-pyrrole nitrogens is 1. The monoisotopic (exact) mass is 451 g/mol. The van der Waals surface area contributed by atoms with Crippen molar-refractivity contribution in [3.8, 4) is 0 Å². The van der Waals surface area contributed by atoms with Gasteiger partial charge in [0.2, 0.25) is 5.91 Å². The molecule has 3 aromatic rings. The van der Waals surface area contributed by atoms with Crippen LogP contribution in [0.4, 0.5) is 10.1 Å². The molecule has 0 saturated carbocycles. The van der Waals surface area contributed by atoms with Gasteiger partial charge in [-0.3, -0.25) is 4.79 Å². The van der Waals surface area contributed by atoms with E-state index >= 15 is 0 Å². The topological polar surface area (TPSA) is 48.6 Å². The van der Waals surface area contributed by atoms with Gasteiger partial charge in [0.05, 0.1) is 12.1 Å². The maximum atomic E-state index is 13.7. The number of carbonyl (C=O) groups is 1. The number of likely N-dealkylation sites (tertiary alicyclic amines) is 1. The first-order chi connectivity index (χ1) is 15.9. The van der Waals surface area contributed by atoms with Crippen LogP contribution in [-0.4, -0.2) is 54.7 Å². The quantitative estimate of drug-likeness (QED) is 0.523. The van der Waals surface area contributed by atoms with Gasteiger partial charge < -0.3 is 19.5 Å². The predicted octanol–water partition coefficient (Wildman–Crippen LogP) is 5.02. The molecule has 176 valence electrons. The van der Waals surface area contributed by atoms with Crippen molar-refractivity contribution >= 4 is 22.5 Å². The Kier molecular flexibility index (Phi) is 7.15. The van der Waals surface area contributed by atoms with Crippen molar-refractivity contribution in [3.05, 3.63) is 66.1 Å². The van der Waals surface area contributed by atoms with Crippen LogP contribution in [0, 0.1) is 11.7 Å². The number of ether oxygens (including phenoxy) is 1. The van der Waals surface area contributed by atoms with Gasteiger partial charge in [0, 0.05) is 55.4 Å². The first kappa shape index (κ1) is 23.5. The van der Waals surface area contributed by atoms with E-state index in [1.54, 1.807) is 19.2 Å². The van der Waals surface area contributed by atoms with Crippen molar-refractivity contribution in [3.63, 3.8) is 0 Å². The number of hydrogen-bond acceptors (Lipinski definition) is 3. The summed E-state index contributed by atoms with van der Waals surface area (Å²) in [6, 6.07) is 14.9. The summed E-state index contributed by atoms with van der Waals surface area (Å²) in [6.45, 7) is 7.09. The second-order valence-corrected chi connectivity index (χ2v) is 9.42. The normalized spacial score (nSPS) is 16.4. The average Bonchev–Trinajstić information content (AvgIpc) is 3.21. The lowest BCUT2D eigenvalue weighted by molar-refractivity contribution is -0.123. The minimum atomic E-state index is -0.363. The number of aromatic nitrogens is 1. The Morgan fingerprint density at radius 1 is 1.18 bits per heavy atom. The maximum Gasteiger partial charge on any atom is 0.230 e. The standard InChI is InChI=1S/C27H34FN3O2/c1-20(2)26(32)31(23-7-5-4-6-8-23)27(19-33-3)12-15-30(16-13-27)14-11-21-18-29-25-10-9-22(28)17-24(21)25/h4-10,17-18,20,29H,11-16,19H2,1-3H3. The summed E-state index contributed by atoms with van der Waals surface area (Å²) in [5.74, 6) is -0.173. The zero-order valence-electron chi connectivity index (χ0n) is 19.8. The number of hydrogen-bond donors (Lipinski definition) is 1. The van der Waals surface area contributed by atoms with Gasteiger partial charge in [0.1, 0.15) is 5.82 Å². The Balaban J connectivity index is 1.49. The van der Waals surface area contributed by atoms with E-state index in [0.29, 0.717) is 6.61 Å². The molecule has 1 aliphatic rings. The van der Waals surface area contributed by atoms with Gasteiger partial charge in [-0.1, -0.05) is 32.0 Å². The van der Waals surface area contributed by atoms with E-state index in [4.69, 9.17) is 4.74 Å². The number of piperidine rings is 1. The van der Waals surface area contributed by atoms with Crippen LogP contribution in [-0.2, 0) is 16.0 Å². The number of carbonyl (C=O) groups excluding carboxylic acids is 1. The van der Waals surface area contributed by atoms with Gasteiger partial charge in [-0.2, -0.15) is 0 Å². The number of fused-ring (bicyclic) bond motifs is 1. The molecule has 1 saturated heterocycles. The Morgan fingerprint density at radius 2 is 1.91 bits per heavy atom. The van der Waals surface area contributed by atoms with Crippen LogP contribution in [0.15, 0.2) is 54.7 Å². The van der Waals surface area contributed by atoms with Crippen LogP contribution in [0.3, 0.4) is 0 Å². The van der Waals surface area contributed by atoms with E-state index < -0.39 is 0 Å². The van der Waals surface area contributed by atoms with Crippen molar-refractivity contribution in [1.29, 1.82) is 0 Å². The number of methoxy groups -OCH3 is 1. The van der Waals surface area contributed by atoms with Gasteiger partial charge >= 0.3 is 0 Å². The number of anilines is 1. The summed E-state index contributed by atoms with van der Waals surface area (Å²) in [5, 5.41) is 0.957. The van der Waals surface area contributed by atoms with Gasteiger partial charge in [-0.15, -0.1) is 0 Å². The van der Waals surface area contributed by atoms with Crippen LogP contribution in [0.1, 0.15) is 32.3 Å². The fourth-order valence-corrected chi connectivity index (χ4v) is 5.00. The Labute approximate surface area is 195 Å². The van der Waals surface area contributed by atoms with Gasteiger partial charge in [0.15, 0.2) is 0 Å². The molecule has 33 heavy (non-hydrogen) atoms. The number of aromatic amines is 1. The smallest absolute Gasteiger partial charge is 0.230 e. The van der Waals surface area contributed by atoms with Crippen LogP contribution < -0.4 is 4.90 Å². The highest BCUT2D eigenvalue weighted by molar-refractivity contribution is 5.96. The third-order valence-corrected chi connectivity index (χ3v) is 6.83. The van der Waals surface area contributed by atoms with Crippen LogP contribution >= 0.6 is 0 Å². The molecule has 0 aliphatic carbocycles. The predicted molar refractivity (Wildman–Crippen MR) is 131 cm³/mol. The molecular weight excluding hydrogens is 417 g/mol. The number of benzene rings is 2. The van der Waals surface area contributed by atoms with E-state index in [1.165, 1.54) is 6.07 Å². The first-order valence-corrected chi connectivity index (χ1v) is 11.8. The molecule has 0 radical (unpaired) electrons. The molecule has 1 aliphatic heterocycles. The first-order valence-electron chi connectivity index (χ1n) is 11.8. The van der Waals surface area contributed by atoms with Gasteiger partial charge in [-0.05, 0) is 55.2 Å². The molecule has 1 fully saturated rings. The second-order valence-electron chi connectivity index (χ2n) is 9.42. The molecular formula is C27H34FN3O2. The molecule has 2 heterocycles. The zero-order chi connectivity index (χ0) is 23.4. The van der Waals surface area contributed by atoms with Crippen molar-refractivity contribution in [2.75, 3.05) is 38.3 Å². The molecule has 0 unspecified atom stereocenters. The highest BCUT2D eigenvalue weighted by Gasteiger charge is 2.43. The molecule has 1 amide bonds. The summed E-state index contributed by atoms with van der Waals surface area (Å²) < 4.78 is 19.4. The number of nitrogens with zero attached hydrogens (tertiary/aromatic N) is 2.